The van der Waals surface area contributed by atoms with Crippen molar-refractivity contribution in [3.05, 3.63) is 17.5 Å². The second-order valence-corrected chi connectivity index (χ2v) is 5.61. The van der Waals surface area contributed by atoms with E-state index in [-0.39, 0.29) is 18.2 Å². The van der Waals surface area contributed by atoms with Crippen molar-refractivity contribution < 1.29 is 14.7 Å². The second kappa shape index (κ2) is 5.42. The molecule has 106 valence electrons. The lowest BCUT2D eigenvalue weighted by Crippen LogP contribution is -2.46. The molecule has 0 aromatic carbocycles. The van der Waals surface area contributed by atoms with Crippen molar-refractivity contribution in [2.24, 2.45) is 0 Å². The van der Waals surface area contributed by atoms with Crippen LogP contribution in [0.5, 0.6) is 0 Å². The average molecular weight is 267 g/mol. The number of nitrogens with one attached hydrogen (secondary N) is 1. The van der Waals surface area contributed by atoms with Crippen LogP contribution in [0.4, 0.5) is 0 Å². The summed E-state index contributed by atoms with van der Waals surface area (Å²) in [6.07, 6.45) is -0.114. The third kappa shape index (κ3) is 3.56. The predicted molar refractivity (Wildman–Crippen MR) is 71.1 cm³/mol. The molecule has 1 aromatic rings. The van der Waals surface area contributed by atoms with Crippen molar-refractivity contribution in [3.63, 3.8) is 0 Å². The van der Waals surface area contributed by atoms with E-state index in [4.69, 9.17) is 5.11 Å². The van der Waals surface area contributed by atoms with Gasteiger partial charge in [-0.1, -0.05) is 13.8 Å². The number of aromatic nitrogens is 2. The Hall–Kier alpha value is -1.85. The minimum atomic E-state index is -0.936. The van der Waals surface area contributed by atoms with Gasteiger partial charge in [0.05, 0.1) is 6.42 Å². The molecular formula is C13H21N3O3. The van der Waals surface area contributed by atoms with Crippen molar-refractivity contribution in [2.75, 3.05) is 7.05 Å². The third-order valence-corrected chi connectivity index (χ3v) is 3.24. The first kappa shape index (κ1) is 15.2. The van der Waals surface area contributed by atoms with Gasteiger partial charge in [0, 0.05) is 18.3 Å². The maximum atomic E-state index is 12.3. The van der Waals surface area contributed by atoms with Crippen LogP contribution in [0.25, 0.3) is 0 Å². The van der Waals surface area contributed by atoms with E-state index in [1.807, 2.05) is 13.8 Å². The van der Waals surface area contributed by atoms with Crippen LogP contribution in [0.1, 0.15) is 56.2 Å². The molecule has 0 atom stereocenters. The molecule has 1 heterocycles. The molecule has 0 fully saturated rings. The molecule has 0 aliphatic heterocycles. The molecule has 0 aliphatic carbocycles. The largest absolute Gasteiger partial charge is 0.481 e. The summed E-state index contributed by atoms with van der Waals surface area (Å²) in [5, 5.41) is 15.7. The van der Waals surface area contributed by atoms with Crippen molar-refractivity contribution in [1.82, 2.24) is 15.1 Å². The Bertz CT molecular complexity index is 477. The lowest BCUT2D eigenvalue weighted by atomic mass is 9.98. The van der Waals surface area contributed by atoms with E-state index in [2.05, 4.69) is 10.2 Å². The Morgan fingerprint density at radius 3 is 2.47 bits per heavy atom. The molecule has 0 aliphatic rings. The van der Waals surface area contributed by atoms with E-state index in [1.165, 1.54) is 4.90 Å². The SMILES string of the molecule is CC(C)c1cc(C(=O)N(C)C(C)(C)CC(=O)O)n[nH]1. The minimum Gasteiger partial charge on any atom is -0.481 e. The van der Waals surface area contributed by atoms with Crippen LogP contribution in [0, 0.1) is 0 Å². The monoisotopic (exact) mass is 267 g/mol. The summed E-state index contributed by atoms with van der Waals surface area (Å²) in [5.41, 5.74) is 0.428. The highest BCUT2D eigenvalue weighted by Gasteiger charge is 2.31. The molecule has 0 radical (unpaired) electrons. The number of carbonyl (C=O) groups excluding carboxylic acids is 1. The van der Waals surface area contributed by atoms with Gasteiger partial charge in [0.2, 0.25) is 0 Å². The molecule has 1 aromatic heterocycles. The van der Waals surface area contributed by atoms with Gasteiger partial charge < -0.3 is 10.0 Å². The van der Waals surface area contributed by atoms with E-state index in [9.17, 15) is 9.59 Å². The number of amides is 1. The summed E-state index contributed by atoms with van der Waals surface area (Å²) in [6.45, 7) is 7.43. The molecular weight excluding hydrogens is 246 g/mol. The molecule has 19 heavy (non-hydrogen) atoms. The van der Waals surface area contributed by atoms with E-state index in [1.54, 1.807) is 27.0 Å². The van der Waals surface area contributed by atoms with Gasteiger partial charge in [0.25, 0.3) is 5.91 Å². The first-order valence-corrected chi connectivity index (χ1v) is 6.20. The Morgan fingerprint density at radius 2 is 2.05 bits per heavy atom. The smallest absolute Gasteiger partial charge is 0.305 e. The fourth-order valence-corrected chi connectivity index (χ4v) is 1.68. The number of hydrogen-bond donors (Lipinski definition) is 2. The number of hydrogen-bond acceptors (Lipinski definition) is 3. The number of carboxylic acid groups (broad SMARTS) is 1. The molecule has 0 unspecified atom stereocenters. The molecule has 1 amide bonds. The number of rotatable bonds is 5. The third-order valence-electron chi connectivity index (χ3n) is 3.24. The first-order valence-electron chi connectivity index (χ1n) is 6.20. The van der Waals surface area contributed by atoms with Crippen LogP contribution < -0.4 is 0 Å². The fraction of sp³-hybridized carbons (Fsp3) is 0.615. The molecule has 0 spiro atoms. The van der Waals surface area contributed by atoms with Crippen LogP contribution in [0.15, 0.2) is 6.07 Å². The number of H-pyrrole nitrogens is 1. The Balaban J connectivity index is 2.89. The zero-order valence-electron chi connectivity index (χ0n) is 12.0. The van der Waals surface area contributed by atoms with Gasteiger partial charge in [-0.2, -0.15) is 5.10 Å². The molecule has 6 nitrogen and oxygen atoms in total. The highest BCUT2D eigenvalue weighted by Crippen LogP contribution is 2.20. The lowest BCUT2D eigenvalue weighted by molar-refractivity contribution is -0.139. The highest BCUT2D eigenvalue weighted by molar-refractivity contribution is 5.93. The van der Waals surface area contributed by atoms with Gasteiger partial charge in [-0.05, 0) is 25.8 Å². The zero-order valence-corrected chi connectivity index (χ0v) is 12.0. The quantitative estimate of drug-likeness (QED) is 0.852. The van der Waals surface area contributed by atoms with Gasteiger partial charge in [-0.3, -0.25) is 14.7 Å². The summed E-state index contributed by atoms with van der Waals surface area (Å²) in [7, 11) is 1.59. The van der Waals surface area contributed by atoms with Crippen molar-refractivity contribution >= 4 is 11.9 Å². The van der Waals surface area contributed by atoms with Gasteiger partial charge in [0.1, 0.15) is 5.69 Å². The van der Waals surface area contributed by atoms with E-state index in [0.717, 1.165) is 5.69 Å². The predicted octanol–water partition coefficient (Wildman–Crippen LogP) is 1.86. The van der Waals surface area contributed by atoms with Gasteiger partial charge in [-0.25, -0.2) is 0 Å². The van der Waals surface area contributed by atoms with Crippen molar-refractivity contribution in [3.8, 4) is 0 Å². The zero-order chi connectivity index (χ0) is 14.8. The summed E-state index contributed by atoms with van der Waals surface area (Å²) in [4.78, 5) is 24.5. The average Bonchev–Trinajstić information content (AvgIpc) is 2.74. The molecule has 6 heteroatoms. The first-order chi connectivity index (χ1) is 8.65. The molecule has 2 N–H and O–H groups in total. The lowest BCUT2D eigenvalue weighted by Gasteiger charge is -2.33. The molecule has 0 saturated carbocycles. The van der Waals surface area contributed by atoms with Crippen LogP contribution in [0.2, 0.25) is 0 Å². The standard InChI is InChI=1S/C13H21N3O3/c1-8(2)9-6-10(15-14-9)12(19)16(5)13(3,4)7-11(17)18/h6,8H,7H2,1-5H3,(H,14,15)(H,17,18). The van der Waals surface area contributed by atoms with Crippen molar-refractivity contribution in [2.45, 2.75) is 45.6 Å². The minimum absolute atomic E-state index is 0.114. The van der Waals surface area contributed by atoms with E-state index >= 15 is 0 Å². The Labute approximate surface area is 112 Å². The second-order valence-electron chi connectivity index (χ2n) is 5.61. The van der Waals surface area contributed by atoms with Crippen molar-refractivity contribution in [1.29, 1.82) is 0 Å². The normalized spacial score (nSPS) is 11.7. The Kier molecular flexibility index (Phi) is 4.34. The molecule has 1 rings (SSSR count). The maximum absolute atomic E-state index is 12.3. The number of carboxylic acids is 1. The summed E-state index contributed by atoms with van der Waals surface area (Å²) >= 11 is 0. The van der Waals surface area contributed by atoms with Crippen LogP contribution in [-0.4, -0.2) is 44.7 Å². The highest BCUT2D eigenvalue weighted by atomic mass is 16.4. The number of aromatic amines is 1. The molecule has 0 saturated heterocycles. The number of nitrogens with zero attached hydrogens (tertiary/aromatic N) is 2. The van der Waals surface area contributed by atoms with Gasteiger partial charge in [0.15, 0.2) is 0 Å². The summed E-state index contributed by atoms with van der Waals surface area (Å²) in [6, 6.07) is 1.71. The Morgan fingerprint density at radius 1 is 1.47 bits per heavy atom. The topological polar surface area (TPSA) is 86.3 Å². The molecule has 0 bridgehead atoms. The van der Waals surface area contributed by atoms with Gasteiger partial charge >= 0.3 is 5.97 Å². The van der Waals surface area contributed by atoms with E-state index < -0.39 is 11.5 Å². The van der Waals surface area contributed by atoms with Crippen LogP contribution >= 0.6 is 0 Å². The van der Waals surface area contributed by atoms with Crippen LogP contribution in [-0.2, 0) is 4.79 Å². The summed E-state index contributed by atoms with van der Waals surface area (Å²) in [5.74, 6) is -0.963. The number of aliphatic carboxylic acids is 1. The van der Waals surface area contributed by atoms with Gasteiger partial charge in [-0.15, -0.1) is 0 Å². The summed E-state index contributed by atoms with van der Waals surface area (Å²) < 4.78 is 0. The van der Waals surface area contributed by atoms with Crippen LogP contribution in [0.3, 0.4) is 0 Å². The maximum Gasteiger partial charge on any atom is 0.305 e. The number of carbonyl (C=O) groups is 2. The fourth-order valence-electron chi connectivity index (χ4n) is 1.68. The van der Waals surface area contributed by atoms with E-state index in [0.29, 0.717) is 5.69 Å².